The molecule has 2 heterocycles. The van der Waals surface area contributed by atoms with E-state index in [1.807, 2.05) is 36.1 Å². The summed E-state index contributed by atoms with van der Waals surface area (Å²) < 4.78 is 1.58. The van der Waals surface area contributed by atoms with Crippen LogP contribution in [0.2, 0.25) is 0 Å². The Morgan fingerprint density at radius 2 is 2.04 bits per heavy atom. The van der Waals surface area contributed by atoms with Crippen molar-refractivity contribution >= 4 is 23.2 Å². The van der Waals surface area contributed by atoms with Crippen LogP contribution in [0.15, 0.2) is 24.3 Å². The van der Waals surface area contributed by atoms with E-state index in [0.29, 0.717) is 24.6 Å². The average molecular weight is 386 g/mol. The van der Waals surface area contributed by atoms with Crippen molar-refractivity contribution in [2.45, 2.75) is 26.7 Å². The van der Waals surface area contributed by atoms with Gasteiger partial charge in [-0.3, -0.25) is 10.1 Å². The van der Waals surface area contributed by atoms with Gasteiger partial charge in [-0.15, -0.1) is 0 Å². The zero-order chi connectivity index (χ0) is 20.3. The largest absolute Gasteiger partial charge is 0.351 e. The van der Waals surface area contributed by atoms with Gasteiger partial charge in [-0.2, -0.15) is 5.10 Å². The summed E-state index contributed by atoms with van der Waals surface area (Å²) in [5.41, 5.74) is 2.36. The van der Waals surface area contributed by atoms with Gasteiger partial charge in [-0.25, -0.2) is 9.48 Å². The van der Waals surface area contributed by atoms with Crippen molar-refractivity contribution in [3.63, 3.8) is 0 Å². The zero-order valence-electron chi connectivity index (χ0n) is 16.4. The Labute approximate surface area is 163 Å². The molecule has 0 bridgehead atoms. The first-order valence-electron chi connectivity index (χ1n) is 9.39. The van der Waals surface area contributed by atoms with Crippen molar-refractivity contribution in [2.24, 2.45) is 13.0 Å². The van der Waals surface area contributed by atoms with E-state index in [2.05, 4.69) is 15.7 Å². The maximum Gasteiger partial charge on any atom is 0.333 e. The molecule has 1 unspecified atom stereocenters. The summed E-state index contributed by atoms with van der Waals surface area (Å²) in [7, 11) is 1.73. The van der Waals surface area contributed by atoms with E-state index in [1.165, 1.54) is 0 Å². The van der Waals surface area contributed by atoms with Crippen LogP contribution in [-0.4, -0.2) is 40.4 Å². The average Bonchev–Trinajstić information content (AvgIpc) is 2.96. The number of piperidine rings is 1. The molecule has 1 aliphatic rings. The van der Waals surface area contributed by atoms with Gasteiger partial charge < -0.3 is 15.5 Å². The predicted molar refractivity (Wildman–Crippen MR) is 108 cm³/mol. The molecule has 9 nitrogen and oxygen atoms in total. The monoisotopic (exact) mass is 386 g/mol. The first-order valence-corrected chi connectivity index (χ1v) is 9.39. The molecule has 1 fully saturated rings. The summed E-state index contributed by atoms with van der Waals surface area (Å²) in [5.74, 6) is 0.753. The molecule has 150 valence electrons. The first kappa shape index (κ1) is 19.7. The van der Waals surface area contributed by atoms with Crippen LogP contribution in [0.5, 0.6) is 0 Å². The minimum atomic E-state index is -0.367. The summed E-state index contributed by atoms with van der Waals surface area (Å²) in [6, 6.07) is 7.36. The van der Waals surface area contributed by atoms with Crippen LogP contribution in [0.4, 0.5) is 22.0 Å². The lowest BCUT2D eigenvalue weighted by Gasteiger charge is -2.33. The number of aryl methyl sites for hydroxylation is 3. The minimum Gasteiger partial charge on any atom is -0.351 e. The number of benzene rings is 1. The van der Waals surface area contributed by atoms with Gasteiger partial charge in [0.05, 0.1) is 4.92 Å². The van der Waals surface area contributed by atoms with Crippen LogP contribution in [0.25, 0.3) is 0 Å². The first-order chi connectivity index (χ1) is 13.3. The third kappa shape index (κ3) is 4.41. The highest BCUT2D eigenvalue weighted by Gasteiger charge is 2.31. The van der Waals surface area contributed by atoms with Crippen molar-refractivity contribution in [1.82, 2.24) is 15.1 Å². The molecule has 1 aromatic heterocycles. The second-order valence-corrected chi connectivity index (χ2v) is 7.29. The van der Waals surface area contributed by atoms with Gasteiger partial charge >= 0.3 is 11.7 Å². The Kier molecular flexibility index (Phi) is 5.81. The smallest absolute Gasteiger partial charge is 0.333 e. The molecular formula is C19H26N6O3. The molecule has 2 N–H and O–H groups in total. The summed E-state index contributed by atoms with van der Waals surface area (Å²) in [5, 5.41) is 21.4. The van der Waals surface area contributed by atoms with Crippen LogP contribution >= 0.6 is 0 Å². The lowest BCUT2D eigenvalue weighted by atomic mass is 9.98. The zero-order valence-corrected chi connectivity index (χ0v) is 16.4. The van der Waals surface area contributed by atoms with Crippen molar-refractivity contribution in [3.8, 4) is 0 Å². The van der Waals surface area contributed by atoms with Crippen LogP contribution in [-0.2, 0) is 7.05 Å². The molecule has 1 aromatic carbocycles. The molecule has 1 aliphatic heterocycles. The van der Waals surface area contributed by atoms with E-state index >= 15 is 0 Å². The summed E-state index contributed by atoms with van der Waals surface area (Å²) in [4.78, 5) is 25.2. The topological polar surface area (TPSA) is 105 Å². The predicted octanol–water partition coefficient (Wildman–Crippen LogP) is 2.98. The maximum absolute atomic E-state index is 12.2. The number of nitrogens with zero attached hydrogens (tertiary/aromatic N) is 4. The Morgan fingerprint density at radius 1 is 1.32 bits per heavy atom. The molecule has 2 amide bonds. The number of aromatic nitrogens is 2. The number of carbonyl (C=O) groups is 1. The quantitative estimate of drug-likeness (QED) is 0.607. The molecule has 0 radical (unpaired) electrons. The van der Waals surface area contributed by atoms with Gasteiger partial charge in [0.15, 0.2) is 0 Å². The lowest BCUT2D eigenvalue weighted by molar-refractivity contribution is -0.384. The SMILES string of the molecule is Cc1ccc(NC(=O)NCC2CCCN(c3c([N+](=O)[O-])c(C)nn3C)C2)cc1. The molecule has 1 atom stereocenters. The Hall–Kier alpha value is -3.10. The fourth-order valence-corrected chi connectivity index (χ4v) is 3.68. The van der Waals surface area contributed by atoms with Crippen LogP contribution in [0, 0.1) is 29.9 Å². The number of nitrogens with one attached hydrogen (secondary N) is 2. The third-order valence-electron chi connectivity index (χ3n) is 5.02. The molecular weight excluding hydrogens is 360 g/mol. The highest BCUT2D eigenvalue weighted by molar-refractivity contribution is 5.89. The molecule has 0 aliphatic carbocycles. The van der Waals surface area contributed by atoms with E-state index in [-0.39, 0.29) is 22.6 Å². The van der Waals surface area contributed by atoms with Crippen LogP contribution in [0.3, 0.4) is 0 Å². The number of anilines is 2. The Balaban J connectivity index is 1.59. The highest BCUT2D eigenvalue weighted by atomic mass is 16.6. The number of hydrogen-bond acceptors (Lipinski definition) is 5. The van der Waals surface area contributed by atoms with Gasteiger partial charge in [-0.1, -0.05) is 17.7 Å². The number of amides is 2. The second kappa shape index (κ2) is 8.28. The van der Waals surface area contributed by atoms with Gasteiger partial charge in [0, 0.05) is 32.4 Å². The van der Waals surface area contributed by atoms with Crippen molar-refractivity contribution in [2.75, 3.05) is 29.9 Å². The normalized spacial score (nSPS) is 16.7. The summed E-state index contributed by atoms with van der Waals surface area (Å²) in [6.07, 6.45) is 1.87. The highest BCUT2D eigenvalue weighted by Crippen LogP contribution is 2.33. The Bertz CT molecular complexity index is 861. The van der Waals surface area contributed by atoms with Crippen molar-refractivity contribution in [1.29, 1.82) is 0 Å². The summed E-state index contributed by atoms with van der Waals surface area (Å²) in [6.45, 7) is 5.54. The molecule has 2 aromatic rings. The standard InChI is InChI=1S/C19H26N6O3/c1-13-6-8-16(9-7-13)21-19(26)20-11-15-5-4-10-24(12-15)18-17(25(27)28)14(2)22-23(18)3/h6-9,15H,4-5,10-12H2,1-3H3,(H2,20,21,26). The fourth-order valence-electron chi connectivity index (χ4n) is 3.68. The van der Waals surface area contributed by atoms with E-state index in [4.69, 9.17) is 0 Å². The fraction of sp³-hybridized carbons (Fsp3) is 0.474. The lowest BCUT2D eigenvalue weighted by Crippen LogP contribution is -2.42. The number of urea groups is 1. The van der Waals surface area contributed by atoms with Gasteiger partial charge in [-0.05, 0) is 44.7 Å². The van der Waals surface area contributed by atoms with Crippen molar-refractivity contribution in [3.05, 3.63) is 45.6 Å². The number of hydrogen-bond donors (Lipinski definition) is 2. The van der Waals surface area contributed by atoms with Crippen molar-refractivity contribution < 1.29 is 9.72 Å². The van der Waals surface area contributed by atoms with E-state index in [0.717, 1.165) is 30.6 Å². The molecule has 9 heteroatoms. The molecule has 28 heavy (non-hydrogen) atoms. The third-order valence-corrected chi connectivity index (χ3v) is 5.02. The number of carbonyl (C=O) groups excluding carboxylic acids is 1. The van der Waals surface area contributed by atoms with Gasteiger partial charge in [0.25, 0.3) is 0 Å². The second-order valence-electron chi connectivity index (χ2n) is 7.29. The molecule has 1 saturated heterocycles. The summed E-state index contributed by atoms with van der Waals surface area (Å²) >= 11 is 0. The van der Waals surface area contributed by atoms with E-state index in [9.17, 15) is 14.9 Å². The maximum atomic E-state index is 12.2. The molecule has 0 spiro atoms. The van der Waals surface area contributed by atoms with E-state index < -0.39 is 0 Å². The number of nitro groups is 1. The Morgan fingerprint density at radius 3 is 2.71 bits per heavy atom. The molecule has 0 saturated carbocycles. The van der Waals surface area contributed by atoms with Crippen LogP contribution < -0.4 is 15.5 Å². The van der Waals surface area contributed by atoms with Crippen LogP contribution in [0.1, 0.15) is 24.1 Å². The minimum absolute atomic E-state index is 0.0632. The van der Waals surface area contributed by atoms with Gasteiger partial charge in [0.1, 0.15) is 5.69 Å². The van der Waals surface area contributed by atoms with Gasteiger partial charge in [0.2, 0.25) is 5.82 Å². The van der Waals surface area contributed by atoms with E-state index in [1.54, 1.807) is 18.7 Å². The number of rotatable bonds is 5. The molecule has 3 rings (SSSR count).